The van der Waals surface area contributed by atoms with Crippen molar-refractivity contribution in [1.82, 2.24) is 9.80 Å². The lowest BCUT2D eigenvalue weighted by Crippen LogP contribution is -2.47. The number of likely N-dealkylation sites (N-methyl/N-ethyl adjacent to an activating group) is 1. The molecule has 2 rings (SSSR count). The van der Waals surface area contributed by atoms with E-state index in [-0.39, 0.29) is 11.6 Å². The molecular weight excluding hydrogens is 272 g/mol. The average Bonchev–Trinajstić information content (AvgIpc) is 2.46. The van der Waals surface area contributed by atoms with E-state index in [0.29, 0.717) is 24.3 Å². The van der Waals surface area contributed by atoms with Crippen molar-refractivity contribution in [3.8, 4) is 0 Å². The van der Waals surface area contributed by atoms with Crippen molar-refractivity contribution in [3.05, 3.63) is 33.9 Å². The fourth-order valence-corrected chi connectivity index (χ4v) is 2.38. The normalized spacial score (nSPS) is 15.9. The van der Waals surface area contributed by atoms with E-state index in [0.717, 1.165) is 13.1 Å². The topological polar surface area (TPSA) is 69.9 Å². The lowest BCUT2D eigenvalue weighted by molar-refractivity contribution is -0.384. The minimum Gasteiger partial charge on any atom is -0.377 e. The lowest BCUT2D eigenvalue weighted by Gasteiger charge is -2.33. The molecule has 0 spiro atoms. The second-order valence-electron chi connectivity index (χ2n) is 5.45. The van der Waals surface area contributed by atoms with E-state index < -0.39 is 4.92 Å². The molecule has 1 aliphatic rings. The first kappa shape index (κ1) is 15.2. The predicted molar refractivity (Wildman–Crippen MR) is 80.8 cm³/mol. The summed E-state index contributed by atoms with van der Waals surface area (Å²) in [5.41, 5.74) is 1.03. The molecule has 0 aliphatic carbocycles. The summed E-state index contributed by atoms with van der Waals surface area (Å²) in [6, 6.07) is 4.42. The highest BCUT2D eigenvalue weighted by Crippen LogP contribution is 2.25. The molecule has 1 aromatic carbocycles. The van der Waals surface area contributed by atoms with Crippen molar-refractivity contribution in [1.29, 1.82) is 0 Å². The molecule has 0 atom stereocenters. The maximum absolute atomic E-state index is 12.7. The van der Waals surface area contributed by atoms with E-state index in [1.54, 1.807) is 15.9 Å². The van der Waals surface area contributed by atoms with Crippen LogP contribution in [-0.4, -0.2) is 68.0 Å². The molecule has 114 valence electrons. The Balaban J connectivity index is 2.33. The number of hydrogen-bond acceptors (Lipinski definition) is 5. The molecule has 0 aromatic heterocycles. The van der Waals surface area contributed by atoms with Gasteiger partial charge < -0.3 is 14.7 Å². The van der Waals surface area contributed by atoms with Gasteiger partial charge in [0.2, 0.25) is 0 Å². The van der Waals surface area contributed by atoms with Gasteiger partial charge in [0, 0.05) is 58.1 Å². The van der Waals surface area contributed by atoms with E-state index in [4.69, 9.17) is 0 Å². The number of nitro groups is 1. The molecule has 0 N–H and O–H groups in total. The number of rotatable bonds is 3. The van der Waals surface area contributed by atoms with Gasteiger partial charge >= 0.3 is 0 Å². The second-order valence-corrected chi connectivity index (χ2v) is 5.45. The standard InChI is InChI=1S/C14H20N4O3/c1-15(2)13-5-4-11(18(20)21)10-12(13)14(19)17-8-6-16(3)7-9-17/h4-5,10H,6-9H2,1-3H3. The van der Waals surface area contributed by atoms with Gasteiger partial charge in [-0.3, -0.25) is 14.9 Å². The summed E-state index contributed by atoms with van der Waals surface area (Å²) < 4.78 is 0. The predicted octanol–water partition coefficient (Wildman–Crippen LogP) is 1.05. The highest BCUT2D eigenvalue weighted by molar-refractivity contribution is 6.00. The van der Waals surface area contributed by atoms with Crippen LogP contribution in [0.5, 0.6) is 0 Å². The summed E-state index contributed by atoms with van der Waals surface area (Å²) in [5, 5.41) is 10.9. The highest BCUT2D eigenvalue weighted by atomic mass is 16.6. The Morgan fingerprint density at radius 1 is 1.24 bits per heavy atom. The molecule has 1 aromatic rings. The van der Waals surface area contributed by atoms with Crippen LogP contribution in [0.4, 0.5) is 11.4 Å². The maximum atomic E-state index is 12.7. The van der Waals surface area contributed by atoms with Crippen LogP contribution in [0.25, 0.3) is 0 Å². The monoisotopic (exact) mass is 292 g/mol. The summed E-state index contributed by atoms with van der Waals surface area (Å²) >= 11 is 0. The van der Waals surface area contributed by atoms with Gasteiger partial charge in [0.1, 0.15) is 0 Å². The number of nitro benzene ring substituents is 1. The number of anilines is 1. The second kappa shape index (κ2) is 6.09. The minimum absolute atomic E-state index is 0.0573. The van der Waals surface area contributed by atoms with Crippen LogP contribution < -0.4 is 4.90 Å². The Bertz CT molecular complexity index is 551. The SMILES string of the molecule is CN1CCN(C(=O)c2cc([N+](=O)[O-])ccc2N(C)C)CC1. The zero-order valence-corrected chi connectivity index (χ0v) is 12.6. The number of non-ortho nitro benzene ring substituents is 1. The van der Waals surface area contributed by atoms with Crippen LogP contribution in [0.3, 0.4) is 0 Å². The van der Waals surface area contributed by atoms with Gasteiger partial charge in [0.05, 0.1) is 10.5 Å². The Morgan fingerprint density at radius 3 is 2.38 bits per heavy atom. The summed E-state index contributed by atoms with van der Waals surface area (Å²) in [5.74, 6) is -0.143. The fourth-order valence-electron chi connectivity index (χ4n) is 2.38. The van der Waals surface area contributed by atoms with E-state index in [9.17, 15) is 14.9 Å². The zero-order chi connectivity index (χ0) is 15.6. The maximum Gasteiger partial charge on any atom is 0.270 e. The lowest BCUT2D eigenvalue weighted by atomic mass is 10.1. The summed E-state index contributed by atoms with van der Waals surface area (Å²) in [6.07, 6.45) is 0. The van der Waals surface area contributed by atoms with Crippen LogP contribution in [0.2, 0.25) is 0 Å². The molecule has 1 saturated heterocycles. The van der Waals surface area contributed by atoms with E-state index in [1.165, 1.54) is 12.1 Å². The van der Waals surface area contributed by atoms with Crippen molar-refractivity contribution >= 4 is 17.3 Å². The van der Waals surface area contributed by atoms with Crippen molar-refractivity contribution in [2.45, 2.75) is 0 Å². The highest BCUT2D eigenvalue weighted by Gasteiger charge is 2.25. The van der Waals surface area contributed by atoms with Gasteiger partial charge in [-0.2, -0.15) is 0 Å². The van der Waals surface area contributed by atoms with E-state index in [2.05, 4.69) is 4.90 Å². The molecule has 7 heteroatoms. The zero-order valence-electron chi connectivity index (χ0n) is 12.6. The minimum atomic E-state index is -0.472. The fraction of sp³-hybridized carbons (Fsp3) is 0.500. The van der Waals surface area contributed by atoms with Crippen LogP contribution in [0.15, 0.2) is 18.2 Å². The average molecular weight is 292 g/mol. The quantitative estimate of drug-likeness (QED) is 0.615. The Hall–Kier alpha value is -2.15. The van der Waals surface area contributed by atoms with E-state index in [1.807, 2.05) is 21.1 Å². The Kier molecular flexibility index (Phi) is 4.42. The van der Waals surface area contributed by atoms with Gasteiger partial charge in [-0.15, -0.1) is 0 Å². The number of benzene rings is 1. The molecule has 21 heavy (non-hydrogen) atoms. The van der Waals surface area contributed by atoms with Crippen LogP contribution in [0.1, 0.15) is 10.4 Å². The van der Waals surface area contributed by atoms with Crippen LogP contribution >= 0.6 is 0 Å². The Morgan fingerprint density at radius 2 is 1.86 bits per heavy atom. The summed E-state index contributed by atoms with van der Waals surface area (Å²) in [7, 11) is 5.66. The number of amides is 1. The van der Waals surface area contributed by atoms with Crippen molar-refractivity contribution in [3.63, 3.8) is 0 Å². The molecule has 0 bridgehead atoms. The molecule has 0 unspecified atom stereocenters. The van der Waals surface area contributed by atoms with Gasteiger partial charge in [0.15, 0.2) is 0 Å². The first-order valence-corrected chi connectivity index (χ1v) is 6.83. The first-order chi connectivity index (χ1) is 9.90. The van der Waals surface area contributed by atoms with Gasteiger partial charge in [-0.05, 0) is 13.1 Å². The number of piperazine rings is 1. The third kappa shape index (κ3) is 3.30. The molecule has 1 heterocycles. The van der Waals surface area contributed by atoms with Gasteiger partial charge in [-0.25, -0.2) is 0 Å². The van der Waals surface area contributed by atoms with Gasteiger partial charge in [-0.1, -0.05) is 0 Å². The van der Waals surface area contributed by atoms with Gasteiger partial charge in [0.25, 0.3) is 11.6 Å². The smallest absolute Gasteiger partial charge is 0.270 e. The molecule has 7 nitrogen and oxygen atoms in total. The summed E-state index contributed by atoms with van der Waals surface area (Å²) in [4.78, 5) is 28.8. The summed E-state index contributed by atoms with van der Waals surface area (Å²) in [6.45, 7) is 2.92. The van der Waals surface area contributed by atoms with Crippen molar-refractivity contribution < 1.29 is 9.72 Å². The Labute approximate surface area is 123 Å². The van der Waals surface area contributed by atoms with Crippen LogP contribution in [0, 0.1) is 10.1 Å². The molecule has 1 aliphatic heterocycles. The molecule has 0 saturated carbocycles. The first-order valence-electron chi connectivity index (χ1n) is 6.83. The number of hydrogen-bond donors (Lipinski definition) is 0. The van der Waals surface area contributed by atoms with E-state index >= 15 is 0 Å². The number of carbonyl (C=O) groups excluding carboxylic acids is 1. The third-order valence-electron chi connectivity index (χ3n) is 3.69. The largest absolute Gasteiger partial charge is 0.377 e. The molecule has 1 fully saturated rings. The van der Waals surface area contributed by atoms with Crippen LogP contribution in [-0.2, 0) is 0 Å². The molecule has 0 radical (unpaired) electrons. The molecule has 1 amide bonds. The van der Waals surface area contributed by atoms with Crippen molar-refractivity contribution in [2.24, 2.45) is 0 Å². The third-order valence-corrected chi connectivity index (χ3v) is 3.69. The molecular formula is C14H20N4O3. The number of carbonyl (C=O) groups is 1. The number of nitrogens with zero attached hydrogens (tertiary/aromatic N) is 4. The van der Waals surface area contributed by atoms with Crippen molar-refractivity contribution in [2.75, 3.05) is 52.2 Å².